The number of quaternary nitrogens is 1. The Kier molecular flexibility index (Phi) is 28.2. The summed E-state index contributed by atoms with van der Waals surface area (Å²) in [4.78, 5) is 6.54. The van der Waals surface area contributed by atoms with E-state index in [9.17, 15) is 31.0 Å². The van der Waals surface area contributed by atoms with Crippen molar-refractivity contribution in [3.05, 3.63) is 200 Å². The number of allylic oxidation sites excluding steroid dienone is 15. The summed E-state index contributed by atoms with van der Waals surface area (Å²) in [6.45, 7) is 29.1. The summed E-state index contributed by atoms with van der Waals surface area (Å²) in [6.07, 6.45) is 25.1. The van der Waals surface area contributed by atoms with Gasteiger partial charge in [-0.25, -0.2) is 21.4 Å². The van der Waals surface area contributed by atoms with Crippen LogP contribution in [-0.4, -0.2) is 192 Å². The van der Waals surface area contributed by atoms with E-state index in [1.54, 1.807) is 40.6 Å². The predicted molar refractivity (Wildman–Crippen MR) is 416 cm³/mol. The van der Waals surface area contributed by atoms with Crippen molar-refractivity contribution in [2.24, 2.45) is 0 Å². The average molecular weight is 1490 g/mol. The van der Waals surface area contributed by atoms with Gasteiger partial charge in [-0.3, -0.25) is 0 Å². The van der Waals surface area contributed by atoms with Gasteiger partial charge in [0.1, 0.15) is 46.2 Å². The van der Waals surface area contributed by atoms with Crippen LogP contribution in [0, 0.1) is 13.8 Å². The second-order valence-electron chi connectivity index (χ2n) is 31.5. The Bertz CT molecular complexity index is 4430. The number of nitrogens with zero attached hydrogens (tertiary/aromatic N) is 6. The number of ether oxygens (including phenoxy) is 5. The van der Waals surface area contributed by atoms with Crippen LogP contribution in [0.1, 0.15) is 140 Å². The maximum absolute atomic E-state index is 12.0. The zero-order valence-corrected chi connectivity index (χ0v) is 69.8. The smallest absolute Gasteiger partial charge is 0.744 e. The van der Waals surface area contributed by atoms with E-state index in [4.69, 9.17) is 23.7 Å². The molecule has 0 spiro atoms. The topological polar surface area (TPSA) is 197 Å². The number of aryl methyl sites for hydroxylation is 2. The summed E-state index contributed by atoms with van der Waals surface area (Å²) in [5.41, 5.74) is 19.9. The van der Waals surface area contributed by atoms with Crippen LogP contribution in [0.5, 0.6) is 0 Å². The Balaban J connectivity index is 0.000000263. The summed E-state index contributed by atoms with van der Waals surface area (Å²) >= 11 is 0. The third-order valence-electron chi connectivity index (χ3n) is 21.5. The molecule has 0 saturated heterocycles. The maximum Gasteiger partial charge on any atom is 1.00 e. The SMILES string of the molecule is COCCN1C(=CC=C2CCC/C(=C\C=C3\N(CCOC)c4ccc(S(=O)(=O)[O-])cc4C3(C)C)C2=[N+](C)CCCO)C(C)(C)c2cc(C)ccc21.COCCN1C(=CC=C2CCCC(C=CC3=[N+](CCOC)c4ccc(S(=O)(=O)[O-])cc4C3(C)C)=C2OCCC[N+](C)(C)C)C(C)(C)c2cc(C)ccc21.[Na+]. The van der Waals surface area contributed by atoms with E-state index >= 15 is 0 Å². The summed E-state index contributed by atoms with van der Waals surface area (Å²) in [6, 6.07) is 22.8. The van der Waals surface area contributed by atoms with E-state index in [-0.39, 0.29) is 56.8 Å². The van der Waals surface area contributed by atoms with Crippen LogP contribution in [0.4, 0.5) is 22.7 Å². The molecule has 1 saturated carbocycles. The largest absolute Gasteiger partial charge is 1.00 e. The van der Waals surface area contributed by atoms with Gasteiger partial charge < -0.3 is 57.1 Å². The first kappa shape index (κ1) is 84.5. The summed E-state index contributed by atoms with van der Waals surface area (Å²) < 4.78 is 106. The number of aliphatic hydroxyl groups excluding tert-OH is 1. The van der Waals surface area contributed by atoms with Gasteiger partial charge in [0.05, 0.1) is 69.3 Å². The van der Waals surface area contributed by atoms with Gasteiger partial charge in [-0.05, 0) is 161 Å². The Morgan fingerprint density at radius 1 is 0.543 bits per heavy atom. The van der Waals surface area contributed by atoms with Gasteiger partial charge in [0.25, 0.3) is 0 Å². The van der Waals surface area contributed by atoms with Crippen molar-refractivity contribution >= 4 is 54.4 Å². The fourth-order valence-corrected chi connectivity index (χ4v) is 16.9. The van der Waals surface area contributed by atoms with Crippen LogP contribution in [0.15, 0.2) is 176 Å². The van der Waals surface area contributed by atoms with Crippen molar-refractivity contribution in [2.75, 3.05) is 150 Å². The zero-order valence-electron chi connectivity index (χ0n) is 66.1. The monoisotopic (exact) mass is 1490 g/mol. The molecule has 105 heavy (non-hydrogen) atoms. The summed E-state index contributed by atoms with van der Waals surface area (Å²) in [5.74, 6) is 0.940. The number of hydrogen-bond acceptors (Lipinski definition) is 15. The molecule has 4 aliphatic heterocycles. The molecule has 1 fully saturated rings. The van der Waals surface area contributed by atoms with Gasteiger partial charge in [0.15, 0.2) is 12.3 Å². The van der Waals surface area contributed by atoms with E-state index in [0.29, 0.717) is 59.1 Å². The van der Waals surface area contributed by atoms with Gasteiger partial charge in [-0.1, -0.05) is 95.2 Å². The molecule has 0 radical (unpaired) electrons. The number of fused-ring (bicyclic) bond motifs is 4. The van der Waals surface area contributed by atoms with Crippen molar-refractivity contribution in [1.82, 2.24) is 0 Å². The molecule has 564 valence electrons. The number of aliphatic hydroxyl groups is 1. The number of benzene rings is 4. The summed E-state index contributed by atoms with van der Waals surface area (Å²) in [7, 11) is 6.34. The van der Waals surface area contributed by atoms with Gasteiger partial charge in [0.2, 0.25) is 11.4 Å². The fourth-order valence-electron chi connectivity index (χ4n) is 15.9. The first-order chi connectivity index (χ1) is 49.1. The third-order valence-corrected chi connectivity index (χ3v) is 23.1. The van der Waals surface area contributed by atoms with E-state index in [2.05, 4.69) is 206 Å². The molecular formula is C84H115N6NaO12S2+2. The van der Waals surface area contributed by atoms with E-state index < -0.39 is 31.1 Å². The van der Waals surface area contributed by atoms with Crippen molar-refractivity contribution < 1.29 is 97.9 Å². The van der Waals surface area contributed by atoms with Crippen LogP contribution in [0.25, 0.3) is 0 Å². The van der Waals surface area contributed by atoms with Crippen LogP contribution in [-0.2, 0) is 65.6 Å². The molecule has 21 heteroatoms. The molecule has 0 bridgehead atoms. The molecule has 4 heterocycles. The Labute approximate surface area is 649 Å². The summed E-state index contributed by atoms with van der Waals surface area (Å²) in [5, 5.41) is 9.74. The Morgan fingerprint density at radius 3 is 1.43 bits per heavy atom. The van der Waals surface area contributed by atoms with E-state index in [1.165, 1.54) is 91.7 Å². The number of methoxy groups -OCH3 is 4. The van der Waals surface area contributed by atoms with Crippen molar-refractivity contribution in [3.63, 3.8) is 0 Å². The van der Waals surface area contributed by atoms with Gasteiger partial charge in [-0.15, -0.1) is 0 Å². The van der Waals surface area contributed by atoms with Crippen LogP contribution < -0.4 is 44.3 Å². The van der Waals surface area contributed by atoms with Crippen LogP contribution in [0.3, 0.4) is 0 Å². The second-order valence-corrected chi connectivity index (χ2v) is 34.2. The molecule has 0 atom stereocenters. The third kappa shape index (κ3) is 19.0. The minimum atomic E-state index is -4.60. The number of anilines is 3. The fraction of sp³-hybridized carbons (Fsp3) is 0.500. The zero-order chi connectivity index (χ0) is 75.9. The van der Waals surface area contributed by atoms with Gasteiger partial charge in [0, 0.05) is 147 Å². The number of rotatable bonds is 27. The first-order valence-electron chi connectivity index (χ1n) is 36.7. The van der Waals surface area contributed by atoms with Gasteiger partial charge in [-0.2, -0.15) is 4.58 Å². The molecule has 4 aromatic rings. The minimum Gasteiger partial charge on any atom is -0.744 e. The Morgan fingerprint density at radius 2 is 0.971 bits per heavy atom. The molecule has 2 aliphatic carbocycles. The van der Waals surface area contributed by atoms with E-state index in [0.717, 1.165) is 114 Å². The molecular weight excluding hydrogens is 1370 g/mol. The molecule has 0 aromatic heterocycles. The van der Waals surface area contributed by atoms with Crippen LogP contribution >= 0.6 is 0 Å². The Hall–Kier alpha value is -6.08. The molecule has 18 nitrogen and oxygen atoms in total. The molecule has 1 N–H and O–H groups in total. The maximum atomic E-state index is 12.0. The molecule has 4 aromatic carbocycles. The molecule has 6 aliphatic rings. The average Bonchev–Trinajstić information content (AvgIpc) is 1.61. The van der Waals surface area contributed by atoms with Crippen molar-refractivity contribution in [3.8, 4) is 0 Å². The standard InChI is InChI=1S/C43H60N3O6S.C41H55N3O6S.Na/c1-31-15-19-37-35(29-31)42(2,3)39(44(37)23-27-50-9)21-16-32-13-11-14-33(41(32)52-26-12-25-46(6,7)8)17-22-40-43(4,5)36-30-34(53(47,48)49)18-20-38(36)45(40)24-28-51-10;1-29-13-17-35-33(27-29)40(2,3)37(43(35)22-25-49-7)19-14-30-11-9-12-31(39(30)42(6)21-10-24-45)15-20-38-41(4,5)34-28-32(51(46,47)48)16-18-36(34)44(38)23-26-50-8;/h15-22,29-30H,11-14,23-28H2,1-10H3;13-20,27-28,45H,9-12,21-26H2,1-8H3;/q+1;;+1. The molecule has 10 rings (SSSR count). The van der Waals surface area contributed by atoms with E-state index in [1.807, 2.05) is 0 Å². The quantitative estimate of drug-likeness (QED) is 0.0194. The normalized spacial score (nSPS) is 20.9. The van der Waals surface area contributed by atoms with Crippen LogP contribution in [0.2, 0.25) is 0 Å². The van der Waals surface area contributed by atoms with Crippen molar-refractivity contribution in [1.29, 1.82) is 0 Å². The minimum absolute atomic E-state index is 0. The molecule has 0 unspecified atom stereocenters. The second kappa shape index (κ2) is 35.1. The van der Waals surface area contributed by atoms with Gasteiger partial charge >= 0.3 is 29.6 Å². The van der Waals surface area contributed by atoms with Crippen molar-refractivity contribution in [2.45, 2.75) is 152 Å². The molecule has 0 amide bonds. The number of hydrogen-bond donors (Lipinski definition) is 1. The predicted octanol–water partition coefficient (Wildman–Crippen LogP) is 10.6. The first-order valence-corrected chi connectivity index (χ1v) is 39.5.